The van der Waals surface area contributed by atoms with E-state index in [-0.39, 0.29) is 0 Å². The standard InChI is InChI=1S/C15H21N3O/c1-18(9-6-10-19-2)12-15-16-11-14(17-15)13-7-4-3-5-8-13/h3-5,7-8,11H,6,9-10,12H2,1-2H3,(H,16,17). The van der Waals surface area contributed by atoms with Gasteiger partial charge in [-0.3, -0.25) is 4.90 Å². The van der Waals surface area contributed by atoms with E-state index in [4.69, 9.17) is 4.74 Å². The monoisotopic (exact) mass is 259 g/mol. The maximum atomic E-state index is 5.05. The van der Waals surface area contributed by atoms with E-state index in [1.165, 1.54) is 5.56 Å². The summed E-state index contributed by atoms with van der Waals surface area (Å²) < 4.78 is 5.05. The number of hydrogen-bond acceptors (Lipinski definition) is 3. The molecule has 0 fully saturated rings. The van der Waals surface area contributed by atoms with Crippen molar-refractivity contribution in [3.05, 3.63) is 42.4 Å². The zero-order chi connectivity index (χ0) is 13.5. The van der Waals surface area contributed by atoms with Crippen molar-refractivity contribution < 1.29 is 4.74 Å². The molecule has 19 heavy (non-hydrogen) atoms. The van der Waals surface area contributed by atoms with Gasteiger partial charge in [0.15, 0.2) is 0 Å². The lowest BCUT2D eigenvalue weighted by Gasteiger charge is -2.14. The summed E-state index contributed by atoms with van der Waals surface area (Å²) >= 11 is 0. The van der Waals surface area contributed by atoms with Crippen LogP contribution in [0.3, 0.4) is 0 Å². The Labute approximate surface area is 114 Å². The fourth-order valence-corrected chi connectivity index (χ4v) is 2.02. The molecular formula is C15H21N3O. The van der Waals surface area contributed by atoms with E-state index in [9.17, 15) is 0 Å². The van der Waals surface area contributed by atoms with Crippen LogP contribution in [-0.4, -0.2) is 42.2 Å². The predicted molar refractivity (Wildman–Crippen MR) is 76.9 cm³/mol. The Balaban J connectivity index is 1.91. The number of nitrogens with zero attached hydrogens (tertiary/aromatic N) is 2. The number of benzene rings is 1. The van der Waals surface area contributed by atoms with Gasteiger partial charge in [0.05, 0.1) is 18.4 Å². The topological polar surface area (TPSA) is 41.1 Å². The highest BCUT2D eigenvalue weighted by Gasteiger charge is 2.05. The lowest BCUT2D eigenvalue weighted by atomic mass is 10.2. The van der Waals surface area contributed by atoms with Crippen molar-refractivity contribution in [1.29, 1.82) is 0 Å². The van der Waals surface area contributed by atoms with Gasteiger partial charge < -0.3 is 9.72 Å². The third-order valence-corrected chi connectivity index (χ3v) is 3.02. The molecule has 2 aromatic rings. The molecule has 4 nitrogen and oxygen atoms in total. The fourth-order valence-electron chi connectivity index (χ4n) is 2.02. The molecule has 0 aliphatic carbocycles. The molecule has 0 radical (unpaired) electrons. The highest BCUT2D eigenvalue weighted by Crippen LogP contribution is 2.16. The van der Waals surface area contributed by atoms with Crippen LogP contribution in [0.2, 0.25) is 0 Å². The summed E-state index contributed by atoms with van der Waals surface area (Å²) in [7, 11) is 3.83. The average Bonchev–Trinajstić information content (AvgIpc) is 2.88. The second-order valence-electron chi connectivity index (χ2n) is 4.69. The molecule has 102 valence electrons. The van der Waals surface area contributed by atoms with Gasteiger partial charge in [0.1, 0.15) is 5.82 Å². The molecule has 0 atom stereocenters. The van der Waals surface area contributed by atoms with Gasteiger partial charge in [0, 0.05) is 20.3 Å². The lowest BCUT2D eigenvalue weighted by Crippen LogP contribution is -2.20. The van der Waals surface area contributed by atoms with E-state index < -0.39 is 0 Å². The van der Waals surface area contributed by atoms with Gasteiger partial charge in [0.25, 0.3) is 0 Å². The molecule has 0 unspecified atom stereocenters. The van der Waals surface area contributed by atoms with Gasteiger partial charge in [0.2, 0.25) is 0 Å². The first-order valence-corrected chi connectivity index (χ1v) is 6.56. The highest BCUT2D eigenvalue weighted by atomic mass is 16.5. The van der Waals surface area contributed by atoms with Crippen LogP contribution in [0.5, 0.6) is 0 Å². The summed E-state index contributed by atoms with van der Waals surface area (Å²) in [6.07, 6.45) is 2.94. The molecule has 1 aromatic heterocycles. The molecule has 0 amide bonds. The molecule has 0 saturated heterocycles. The third-order valence-electron chi connectivity index (χ3n) is 3.02. The number of aromatic nitrogens is 2. The minimum Gasteiger partial charge on any atom is -0.385 e. The van der Waals surface area contributed by atoms with E-state index in [0.717, 1.165) is 37.6 Å². The highest BCUT2D eigenvalue weighted by molar-refractivity contribution is 5.57. The van der Waals surface area contributed by atoms with Crippen molar-refractivity contribution >= 4 is 0 Å². The first kappa shape index (κ1) is 13.8. The Kier molecular flexibility index (Phi) is 5.12. The number of rotatable bonds is 7. The zero-order valence-electron chi connectivity index (χ0n) is 11.6. The van der Waals surface area contributed by atoms with Crippen LogP contribution >= 0.6 is 0 Å². The van der Waals surface area contributed by atoms with Gasteiger partial charge in [-0.2, -0.15) is 0 Å². The van der Waals surface area contributed by atoms with Crippen LogP contribution in [0, 0.1) is 0 Å². The summed E-state index contributed by atoms with van der Waals surface area (Å²) in [5.41, 5.74) is 2.24. The Morgan fingerprint density at radius 3 is 2.79 bits per heavy atom. The number of ether oxygens (including phenoxy) is 1. The zero-order valence-corrected chi connectivity index (χ0v) is 11.6. The van der Waals surface area contributed by atoms with Crippen LogP contribution < -0.4 is 0 Å². The number of hydrogen-bond donors (Lipinski definition) is 1. The summed E-state index contributed by atoms with van der Waals surface area (Å²) in [6.45, 7) is 2.64. The molecule has 0 bridgehead atoms. The van der Waals surface area contributed by atoms with Crippen molar-refractivity contribution in [3.63, 3.8) is 0 Å². The van der Waals surface area contributed by atoms with Crippen LogP contribution in [0.15, 0.2) is 36.5 Å². The van der Waals surface area contributed by atoms with Crippen LogP contribution in [0.25, 0.3) is 11.3 Å². The Morgan fingerprint density at radius 1 is 1.26 bits per heavy atom. The predicted octanol–water partition coefficient (Wildman–Crippen LogP) is 2.54. The van der Waals surface area contributed by atoms with Gasteiger partial charge in [-0.15, -0.1) is 0 Å². The van der Waals surface area contributed by atoms with Gasteiger partial charge in [-0.05, 0) is 19.0 Å². The van der Waals surface area contributed by atoms with Gasteiger partial charge in [-0.1, -0.05) is 30.3 Å². The van der Waals surface area contributed by atoms with Crippen molar-refractivity contribution in [1.82, 2.24) is 14.9 Å². The molecule has 0 spiro atoms. The summed E-state index contributed by atoms with van der Waals surface area (Å²) in [5, 5.41) is 0. The minimum absolute atomic E-state index is 0.803. The average molecular weight is 259 g/mol. The quantitative estimate of drug-likeness (QED) is 0.777. The van der Waals surface area contributed by atoms with Crippen LogP contribution in [0.1, 0.15) is 12.2 Å². The maximum absolute atomic E-state index is 5.05. The molecule has 0 aliphatic rings. The number of H-pyrrole nitrogens is 1. The molecule has 1 heterocycles. The molecule has 1 N–H and O–H groups in total. The van der Waals surface area contributed by atoms with E-state index in [2.05, 4.69) is 34.0 Å². The lowest BCUT2D eigenvalue weighted by molar-refractivity contribution is 0.177. The van der Waals surface area contributed by atoms with Crippen molar-refractivity contribution in [2.45, 2.75) is 13.0 Å². The maximum Gasteiger partial charge on any atom is 0.120 e. The van der Waals surface area contributed by atoms with Crippen molar-refractivity contribution in [2.75, 3.05) is 27.3 Å². The van der Waals surface area contributed by atoms with Gasteiger partial charge >= 0.3 is 0 Å². The molecule has 4 heteroatoms. The molecule has 0 aliphatic heterocycles. The van der Waals surface area contributed by atoms with Crippen LogP contribution in [0.4, 0.5) is 0 Å². The second-order valence-corrected chi connectivity index (χ2v) is 4.69. The largest absolute Gasteiger partial charge is 0.385 e. The Hall–Kier alpha value is -1.65. The van der Waals surface area contributed by atoms with Crippen molar-refractivity contribution in [3.8, 4) is 11.3 Å². The number of aromatic amines is 1. The molecule has 0 saturated carbocycles. The minimum atomic E-state index is 0.803. The SMILES string of the molecule is COCCCN(C)Cc1ncc(-c2ccccc2)[nH]1. The molecule has 1 aromatic carbocycles. The first-order valence-electron chi connectivity index (χ1n) is 6.56. The number of methoxy groups -OCH3 is 1. The summed E-state index contributed by atoms with van der Waals surface area (Å²) in [4.78, 5) is 10.0. The van der Waals surface area contributed by atoms with Crippen LogP contribution in [-0.2, 0) is 11.3 Å². The first-order chi connectivity index (χ1) is 9.29. The van der Waals surface area contributed by atoms with Crippen molar-refractivity contribution in [2.24, 2.45) is 0 Å². The van der Waals surface area contributed by atoms with E-state index in [1.54, 1.807) is 7.11 Å². The smallest absolute Gasteiger partial charge is 0.120 e. The molecule has 2 rings (SSSR count). The summed E-state index contributed by atoms with van der Waals surface area (Å²) in [5.74, 6) is 0.999. The Bertz CT molecular complexity index is 481. The number of nitrogens with one attached hydrogen (secondary N) is 1. The fraction of sp³-hybridized carbons (Fsp3) is 0.400. The van der Waals surface area contributed by atoms with E-state index in [1.807, 2.05) is 24.4 Å². The normalized spacial score (nSPS) is 11.1. The van der Waals surface area contributed by atoms with E-state index >= 15 is 0 Å². The molecular weight excluding hydrogens is 238 g/mol. The number of imidazole rings is 1. The third kappa shape index (κ3) is 4.19. The second kappa shape index (κ2) is 7.07. The van der Waals surface area contributed by atoms with Gasteiger partial charge in [-0.25, -0.2) is 4.98 Å². The Morgan fingerprint density at radius 2 is 2.05 bits per heavy atom. The van der Waals surface area contributed by atoms with E-state index in [0.29, 0.717) is 0 Å². The summed E-state index contributed by atoms with van der Waals surface area (Å²) in [6, 6.07) is 10.3.